The minimum atomic E-state index is -0.404. The molecule has 0 radical (unpaired) electrons. The summed E-state index contributed by atoms with van der Waals surface area (Å²) in [7, 11) is 5.25. The molecule has 6 nitrogen and oxygen atoms in total. The van der Waals surface area contributed by atoms with Crippen molar-refractivity contribution in [2.45, 2.75) is 47.2 Å². The molecule has 1 aromatic rings. The molecule has 2 rings (SSSR count). The molecule has 1 aliphatic rings. The summed E-state index contributed by atoms with van der Waals surface area (Å²) in [5.74, 6) is 0.557. The lowest BCUT2D eigenvalue weighted by molar-refractivity contribution is -0.678. The SMILES string of the molecule is Cc1c(OC(=O)N(C)C)c2c(c[n+]1C)COC(C(C)(C)C)OC2.[Br-]. The highest BCUT2D eigenvalue weighted by molar-refractivity contribution is 5.70. The number of rotatable bonds is 1. The maximum Gasteiger partial charge on any atom is 0.414 e. The van der Waals surface area contributed by atoms with Crippen LogP contribution in [0.25, 0.3) is 0 Å². The van der Waals surface area contributed by atoms with Gasteiger partial charge in [-0.2, -0.15) is 0 Å². The van der Waals surface area contributed by atoms with Crippen LogP contribution < -0.4 is 26.3 Å². The summed E-state index contributed by atoms with van der Waals surface area (Å²) in [5, 5.41) is 0. The molecule has 1 atom stereocenters. The second kappa shape index (κ2) is 7.80. The van der Waals surface area contributed by atoms with Crippen molar-refractivity contribution in [1.29, 1.82) is 0 Å². The summed E-state index contributed by atoms with van der Waals surface area (Å²) in [6, 6.07) is 0. The molecule has 7 heteroatoms. The lowest BCUT2D eigenvalue weighted by Gasteiger charge is -2.28. The van der Waals surface area contributed by atoms with Gasteiger partial charge < -0.3 is 36.1 Å². The fraction of sp³-hybridized carbons (Fsp3) is 0.647. The number of nitrogens with zero attached hydrogens (tertiary/aromatic N) is 2. The summed E-state index contributed by atoms with van der Waals surface area (Å²) in [5.41, 5.74) is 2.60. The molecule has 1 unspecified atom stereocenters. The third kappa shape index (κ3) is 4.46. The second-order valence-electron chi connectivity index (χ2n) is 7.24. The zero-order valence-corrected chi connectivity index (χ0v) is 17.1. The maximum atomic E-state index is 12.0. The van der Waals surface area contributed by atoms with Crippen molar-refractivity contribution in [3.63, 3.8) is 0 Å². The number of fused-ring (bicyclic) bond motifs is 1. The maximum absolute atomic E-state index is 12.0. The summed E-state index contributed by atoms with van der Waals surface area (Å²) < 4.78 is 19.4. The van der Waals surface area contributed by atoms with Gasteiger partial charge in [0.15, 0.2) is 12.5 Å². The van der Waals surface area contributed by atoms with Crippen LogP contribution in [0.15, 0.2) is 6.20 Å². The van der Waals surface area contributed by atoms with Gasteiger partial charge in [-0.1, -0.05) is 20.8 Å². The molecule has 1 aromatic heterocycles. The molecule has 24 heavy (non-hydrogen) atoms. The monoisotopic (exact) mass is 402 g/mol. The molecule has 0 N–H and O–H groups in total. The van der Waals surface area contributed by atoms with Crippen LogP contribution in [-0.4, -0.2) is 31.4 Å². The molecule has 0 fully saturated rings. The van der Waals surface area contributed by atoms with E-state index in [9.17, 15) is 4.79 Å². The first-order valence-electron chi connectivity index (χ1n) is 7.74. The van der Waals surface area contributed by atoms with Crippen LogP contribution in [0, 0.1) is 12.3 Å². The van der Waals surface area contributed by atoms with Gasteiger partial charge >= 0.3 is 6.09 Å². The molecule has 0 saturated heterocycles. The first-order chi connectivity index (χ1) is 10.6. The topological polar surface area (TPSA) is 51.9 Å². The molecule has 0 bridgehead atoms. The molecule has 0 saturated carbocycles. The van der Waals surface area contributed by atoms with E-state index in [1.807, 2.05) is 24.7 Å². The van der Waals surface area contributed by atoms with E-state index in [4.69, 9.17) is 14.2 Å². The van der Waals surface area contributed by atoms with E-state index < -0.39 is 6.09 Å². The molecule has 136 valence electrons. The predicted molar refractivity (Wildman–Crippen MR) is 84.9 cm³/mol. The Kier molecular flexibility index (Phi) is 6.78. The highest BCUT2D eigenvalue weighted by Gasteiger charge is 2.32. The largest absolute Gasteiger partial charge is 1.00 e. The number of aromatic nitrogens is 1. The Hall–Kier alpha value is -1.18. The van der Waals surface area contributed by atoms with Gasteiger partial charge in [0.25, 0.3) is 0 Å². The zero-order valence-electron chi connectivity index (χ0n) is 15.5. The molecule has 0 aromatic carbocycles. The molecule has 2 heterocycles. The number of hydrogen-bond acceptors (Lipinski definition) is 4. The molecular formula is C17H27BrN2O4. The van der Waals surface area contributed by atoms with E-state index in [0.717, 1.165) is 16.8 Å². The van der Waals surface area contributed by atoms with E-state index in [1.165, 1.54) is 4.90 Å². The van der Waals surface area contributed by atoms with Crippen LogP contribution in [0.4, 0.5) is 4.79 Å². The molecular weight excluding hydrogens is 376 g/mol. The number of pyridine rings is 1. The van der Waals surface area contributed by atoms with Crippen LogP contribution in [0.3, 0.4) is 0 Å². The van der Waals surface area contributed by atoms with Crippen molar-refractivity contribution in [3.8, 4) is 5.75 Å². The third-order valence-corrected chi connectivity index (χ3v) is 3.90. The standard InChI is InChI=1S/C17H27N2O4.BrH/c1-11-14(23-16(20)18(5)6)13-10-22-15(17(2,3)4)21-9-12(13)8-19(11)7;/h8,15H,9-10H2,1-7H3;1H/q+1;/p-1. The average Bonchev–Trinajstić information content (AvgIpc) is 2.65. The average molecular weight is 403 g/mol. The zero-order chi connectivity index (χ0) is 17.4. The molecule has 1 amide bonds. The van der Waals surface area contributed by atoms with Crippen LogP contribution >= 0.6 is 0 Å². The van der Waals surface area contributed by atoms with Gasteiger partial charge in [-0.15, -0.1) is 0 Å². The number of aryl methyl sites for hydroxylation is 1. The number of carbonyl (C=O) groups is 1. The Balaban J connectivity index is 0.00000288. The van der Waals surface area contributed by atoms with Crippen LogP contribution in [0.2, 0.25) is 0 Å². The quantitative estimate of drug-likeness (QED) is 0.583. The van der Waals surface area contributed by atoms with Gasteiger partial charge in [0.05, 0.1) is 18.8 Å². The van der Waals surface area contributed by atoms with E-state index in [1.54, 1.807) is 14.1 Å². The van der Waals surface area contributed by atoms with Gasteiger partial charge in [0.1, 0.15) is 7.05 Å². The Morgan fingerprint density at radius 1 is 1.29 bits per heavy atom. The predicted octanol–water partition coefficient (Wildman–Crippen LogP) is -0.697. The normalized spacial score (nSPS) is 17.4. The number of amides is 1. The number of carbonyl (C=O) groups excluding carboxylic acids is 1. The van der Waals surface area contributed by atoms with Crippen molar-refractivity contribution in [1.82, 2.24) is 4.90 Å². The van der Waals surface area contributed by atoms with Gasteiger partial charge in [-0.05, 0) is 0 Å². The van der Waals surface area contributed by atoms with Crippen LogP contribution in [0.5, 0.6) is 5.75 Å². The van der Waals surface area contributed by atoms with Crippen LogP contribution in [-0.2, 0) is 29.7 Å². The number of ether oxygens (including phenoxy) is 3. The van der Waals surface area contributed by atoms with Gasteiger partial charge in [0, 0.05) is 32.0 Å². The van der Waals surface area contributed by atoms with Crippen molar-refractivity contribution < 1.29 is 40.6 Å². The Morgan fingerprint density at radius 2 is 1.88 bits per heavy atom. The highest BCUT2D eigenvalue weighted by atomic mass is 79.9. The molecule has 0 spiro atoms. The second-order valence-corrected chi connectivity index (χ2v) is 7.24. The first kappa shape index (κ1) is 20.9. The minimum Gasteiger partial charge on any atom is -1.00 e. The van der Waals surface area contributed by atoms with E-state index in [0.29, 0.717) is 19.0 Å². The minimum absolute atomic E-state index is 0. The smallest absolute Gasteiger partial charge is 0.414 e. The first-order valence-corrected chi connectivity index (χ1v) is 7.74. The summed E-state index contributed by atoms with van der Waals surface area (Å²) in [4.78, 5) is 13.4. The fourth-order valence-corrected chi connectivity index (χ4v) is 2.40. The third-order valence-electron chi connectivity index (χ3n) is 3.90. The van der Waals surface area contributed by atoms with Crippen LogP contribution in [0.1, 0.15) is 37.6 Å². The van der Waals surface area contributed by atoms with E-state index >= 15 is 0 Å². The lowest BCUT2D eigenvalue weighted by Crippen LogP contribution is -3.00. The number of halogens is 1. The van der Waals surface area contributed by atoms with E-state index in [-0.39, 0.29) is 28.7 Å². The van der Waals surface area contributed by atoms with Crippen molar-refractivity contribution in [2.24, 2.45) is 12.5 Å². The molecule has 1 aliphatic heterocycles. The van der Waals surface area contributed by atoms with Gasteiger partial charge in [-0.25, -0.2) is 9.36 Å². The summed E-state index contributed by atoms with van der Waals surface area (Å²) in [6.07, 6.45) is 1.29. The Morgan fingerprint density at radius 3 is 2.42 bits per heavy atom. The van der Waals surface area contributed by atoms with E-state index in [2.05, 4.69) is 20.8 Å². The lowest BCUT2D eigenvalue weighted by atomic mass is 9.96. The van der Waals surface area contributed by atoms with Gasteiger partial charge in [-0.3, -0.25) is 0 Å². The van der Waals surface area contributed by atoms with Crippen molar-refractivity contribution in [3.05, 3.63) is 23.0 Å². The Labute approximate surface area is 154 Å². The van der Waals surface area contributed by atoms with Crippen molar-refractivity contribution >= 4 is 6.09 Å². The highest BCUT2D eigenvalue weighted by Crippen LogP contribution is 2.33. The fourth-order valence-electron chi connectivity index (χ4n) is 2.40. The summed E-state index contributed by atoms with van der Waals surface area (Å²) in [6.45, 7) is 8.93. The van der Waals surface area contributed by atoms with Crippen molar-refractivity contribution in [2.75, 3.05) is 14.1 Å². The summed E-state index contributed by atoms with van der Waals surface area (Å²) >= 11 is 0. The molecule has 0 aliphatic carbocycles. The number of hydrogen-bond donors (Lipinski definition) is 0. The van der Waals surface area contributed by atoms with Gasteiger partial charge in [0.2, 0.25) is 11.4 Å². The Bertz CT molecular complexity index is 612.